The number of aliphatic hydroxyl groups is 1. The third kappa shape index (κ3) is 28.4. The first-order chi connectivity index (χ1) is 18.8. The number of carbonyl (C=O) groups is 1. The van der Waals surface area contributed by atoms with Crippen LogP contribution in [0.25, 0.3) is 0 Å². The van der Waals surface area contributed by atoms with Gasteiger partial charge in [-0.3, -0.25) is 9.35 Å². The molecule has 1 amide bonds. The Bertz CT molecular complexity index is 680. The van der Waals surface area contributed by atoms with Gasteiger partial charge in [0.25, 0.3) is 10.1 Å². The predicted octanol–water partition coefficient (Wildman–Crippen LogP) is 8.68. The van der Waals surface area contributed by atoms with E-state index in [9.17, 15) is 22.9 Å². The molecule has 7 heteroatoms. The van der Waals surface area contributed by atoms with Gasteiger partial charge in [0.15, 0.2) is 0 Å². The van der Waals surface area contributed by atoms with Crippen molar-refractivity contribution >= 4 is 16.0 Å². The average molecular weight is 574 g/mol. The van der Waals surface area contributed by atoms with E-state index in [1.807, 2.05) is 6.08 Å². The van der Waals surface area contributed by atoms with Crippen LogP contribution in [0.5, 0.6) is 0 Å². The molecule has 0 aliphatic heterocycles. The first kappa shape index (κ1) is 38.1. The summed E-state index contributed by atoms with van der Waals surface area (Å²) in [5, 5.41) is 13.0. The van der Waals surface area contributed by atoms with E-state index in [2.05, 4.69) is 19.2 Å². The molecule has 39 heavy (non-hydrogen) atoms. The second-order valence-corrected chi connectivity index (χ2v) is 12.9. The zero-order chi connectivity index (χ0) is 29.0. The highest BCUT2D eigenvalue weighted by Crippen LogP contribution is 2.14. The fraction of sp³-hybridized carbons (Fsp3) is 0.906. The maximum atomic E-state index is 12.4. The Morgan fingerprint density at radius 3 is 1.46 bits per heavy atom. The van der Waals surface area contributed by atoms with Crippen molar-refractivity contribution in [2.24, 2.45) is 0 Å². The van der Waals surface area contributed by atoms with E-state index in [-0.39, 0.29) is 5.91 Å². The Morgan fingerprint density at radius 1 is 0.667 bits per heavy atom. The van der Waals surface area contributed by atoms with E-state index in [0.29, 0.717) is 6.42 Å². The lowest BCUT2D eigenvalue weighted by Gasteiger charge is -2.21. The number of amides is 1. The minimum absolute atomic E-state index is 0.281. The van der Waals surface area contributed by atoms with Crippen molar-refractivity contribution in [3.63, 3.8) is 0 Å². The first-order valence-corrected chi connectivity index (χ1v) is 18.0. The number of unbranched alkanes of at least 4 members (excludes halogenated alkanes) is 21. The van der Waals surface area contributed by atoms with E-state index >= 15 is 0 Å². The zero-order valence-corrected chi connectivity index (χ0v) is 26.3. The summed E-state index contributed by atoms with van der Waals surface area (Å²) < 4.78 is 32.1. The van der Waals surface area contributed by atoms with Crippen LogP contribution >= 0.6 is 0 Å². The molecule has 2 atom stereocenters. The molecule has 0 rings (SSSR count). The summed E-state index contributed by atoms with van der Waals surface area (Å²) in [5.74, 6) is -0.976. The van der Waals surface area contributed by atoms with Gasteiger partial charge in [0.05, 0.1) is 17.9 Å². The largest absolute Gasteiger partial charge is 0.387 e. The normalized spacial score (nSPS) is 13.6. The molecule has 0 heterocycles. The van der Waals surface area contributed by atoms with Crippen molar-refractivity contribution in [2.75, 3.05) is 5.75 Å². The first-order valence-electron chi connectivity index (χ1n) is 16.4. The van der Waals surface area contributed by atoms with Crippen LogP contribution in [0.4, 0.5) is 0 Å². The molecule has 0 aliphatic carbocycles. The highest BCUT2D eigenvalue weighted by Gasteiger charge is 2.24. The number of allylic oxidation sites excluding steroid dienone is 1. The number of aliphatic hydroxyl groups excluding tert-OH is 1. The fourth-order valence-corrected chi connectivity index (χ4v) is 5.71. The minimum Gasteiger partial charge on any atom is -0.387 e. The molecule has 0 aromatic carbocycles. The maximum Gasteiger partial charge on any atom is 0.267 e. The number of rotatable bonds is 29. The van der Waals surface area contributed by atoms with Crippen molar-refractivity contribution in [2.45, 2.75) is 180 Å². The summed E-state index contributed by atoms with van der Waals surface area (Å²) in [4.78, 5) is 12.4. The van der Waals surface area contributed by atoms with Crippen LogP contribution in [0.3, 0.4) is 0 Å². The molecule has 0 aromatic heterocycles. The van der Waals surface area contributed by atoms with Crippen molar-refractivity contribution in [1.29, 1.82) is 0 Å². The lowest BCUT2D eigenvalue weighted by Crippen LogP contribution is -2.46. The van der Waals surface area contributed by atoms with Crippen LogP contribution in [0.15, 0.2) is 12.2 Å². The molecule has 0 aromatic rings. The monoisotopic (exact) mass is 573 g/mol. The van der Waals surface area contributed by atoms with Gasteiger partial charge in [0.2, 0.25) is 5.91 Å². The Hall–Kier alpha value is -0.920. The molecule has 0 radical (unpaired) electrons. The van der Waals surface area contributed by atoms with E-state index < -0.39 is 28.0 Å². The molecular weight excluding hydrogens is 510 g/mol. The summed E-state index contributed by atoms with van der Waals surface area (Å²) in [6, 6.07) is -1.05. The zero-order valence-electron chi connectivity index (χ0n) is 25.5. The molecule has 6 nitrogen and oxygen atoms in total. The summed E-state index contributed by atoms with van der Waals surface area (Å²) in [5.41, 5.74) is 0. The average Bonchev–Trinajstić information content (AvgIpc) is 2.88. The Morgan fingerprint density at radius 2 is 1.05 bits per heavy atom. The Kier molecular flexibility index (Phi) is 26.6. The van der Waals surface area contributed by atoms with Gasteiger partial charge in [-0.25, -0.2) is 0 Å². The Labute approximate surface area is 241 Å². The Balaban J connectivity index is 3.88. The lowest BCUT2D eigenvalue weighted by atomic mass is 10.0. The standard InChI is InChI=1S/C32H63NO5S/c1-3-5-7-9-11-12-13-14-15-16-17-18-19-20-22-24-26-28-32(35)33-30(29-39(36,37)38)31(34)27-25-23-21-10-8-6-4-2/h25,27,30-31,34H,3-24,26,28-29H2,1-2H3,(H,33,35)(H,36,37,38)/b27-25+. The SMILES string of the molecule is CCCCCCC/C=C/C(O)C(CS(=O)(=O)O)NC(=O)CCCCCCCCCCCCCCCCCCC. The maximum absolute atomic E-state index is 12.4. The van der Waals surface area contributed by atoms with Crippen molar-refractivity contribution in [1.82, 2.24) is 5.32 Å². The van der Waals surface area contributed by atoms with Gasteiger partial charge in [-0.05, 0) is 19.3 Å². The molecule has 0 bridgehead atoms. The van der Waals surface area contributed by atoms with E-state index in [0.717, 1.165) is 38.5 Å². The predicted molar refractivity (Wildman–Crippen MR) is 166 cm³/mol. The molecule has 0 saturated carbocycles. The molecule has 0 saturated heterocycles. The number of carbonyl (C=O) groups excluding carboxylic acids is 1. The number of hydrogen-bond donors (Lipinski definition) is 3. The second-order valence-electron chi connectivity index (χ2n) is 11.5. The van der Waals surface area contributed by atoms with Gasteiger partial charge in [0.1, 0.15) is 0 Å². The van der Waals surface area contributed by atoms with Gasteiger partial charge in [-0.15, -0.1) is 0 Å². The highest BCUT2D eigenvalue weighted by molar-refractivity contribution is 7.85. The molecule has 0 fully saturated rings. The topological polar surface area (TPSA) is 104 Å². The summed E-state index contributed by atoms with van der Waals surface area (Å²) in [7, 11) is -4.32. The van der Waals surface area contributed by atoms with Gasteiger partial charge in [-0.2, -0.15) is 8.42 Å². The van der Waals surface area contributed by atoms with Crippen LogP contribution in [-0.4, -0.2) is 41.9 Å². The molecule has 3 N–H and O–H groups in total. The van der Waals surface area contributed by atoms with Crippen LogP contribution < -0.4 is 5.32 Å². The van der Waals surface area contributed by atoms with Crippen LogP contribution in [-0.2, 0) is 14.9 Å². The molecule has 2 unspecified atom stereocenters. The number of nitrogens with one attached hydrogen (secondary N) is 1. The highest BCUT2D eigenvalue weighted by atomic mass is 32.2. The number of hydrogen-bond acceptors (Lipinski definition) is 4. The van der Waals surface area contributed by atoms with Crippen LogP contribution in [0.2, 0.25) is 0 Å². The van der Waals surface area contributed by atoms with Gasteiger partial charge in [-0.1, -0.05) is 154 Å². The van der Waals surface area contributed by atoms with Gasteiger partial charge in [0, 0.05) is 6.42 Å². The quantitative estimate of drug-likeness (QED) is 0.0472. The van der Waals surface area contributed by atoms with Crippen LogP contribution in [0, 0.1) is 0 Å². The van der Waals surface area contributed by atoms with Gasteiger partial charge >= 0.3 is 0 Å². The molecular formula is C32H63NO5S. The van der Waals surface area contributed by atoms with E-state index in [1.165, 1.54) is 115 Å². The summed E-state index contributed by atoms with van der Waals surface area (Å²) >= 11 is 0. The minimum atomic E-state index is -4.32. The molecule has 232 valence electrons. The summed E-state index contributed by atoms with van der Waals surface area (Å²) in [6.45, 7) is 4.43. The summed E-state index contributed by atoms with van der Waals surface area (Å²) in [6.07, 6.45) is 30.7. The van der Waals surface area contributed by atoms with Crippen molar-refractivity contribution < 1.29 is 22.9 Å². The second kappa shape index (κ2) is 27.3. The van der Waals surface area contributed by atoms with E-state index in [4.69, 9.17) is 0 Å². The van der Waals surface area contributed by atoms with Gasteiger partial charge < -0.3 is 10.4 Å². The van der Waals surface area contributed by atoms with Crippen molar-refractivity contribution in [3.05, 3.63) is 12.2 Å². The third-order valence-corrected chi connectivity index (χ3v) is 8.24. The fourth-order valence-electron chi connectivity index (χ4n) is 4.98. The molecule has 0 aliphatic rings. The van der Waals surface area contributed by atoms with Crippen LogP contribution in [0.1, 0.15) is 168 Å². The molecule has 0 spiro atoms. The third-order valence-electron chi connectivity index (χ3n) is 7.46. The van der Waals surface area contributed by atoms with Crippen molar-refractivity contribution in [3.8, 4) is 0 Å². The smallest absolute Gasteiger partial charge is 0.267 e. The lowest BCUT2D eigenvalue weighted by molar-refractivity contribution is -0.122. The van der Waals surface area contributed by atoms with E-state index in [1.54, 1.807) is 0 Å².